The zero-order chi connectivity index (χ0) is 18.1. The van der Waals surface area contributed by atoms with Gasteiger partial charge in [0.1, 0.15) is 5.02 Å². The van der Waals surface area contributed by atoms with Crippen molar-refractivity contribution >= 4 is 38.7 Å². The molecule has 11 heteroatoms. The van der Waals surface area contributed by atoms with Crippen molar-refractivity contribution in [2.45, 2.75) is 11.8 Å². The second kappa shape index (κ2) is 6.42. The summed E-state index contributed by atoms with van der Waals surface area (Å²) in [5.74, 6) is 0. The molecular weight excluding hydrogens is 362 g/mol. The van der Waals surface area contributed by atoms with Gasteiger partial charge < -0.3 is 0 Å². The van der Waals surface area contributed by atoms with Crippen molar-refractivity contribution in [2.75, 3.05) is 4.72 Å². The Balaban J connectivity index is 2.47. The molecule has 0 atom stereocenters. The Labute approximate surface area is 141 Å². The highest BCUT2D eigenvalue weighted by molar-refractivity contribution is 7.92. The van der Waals surface area contributed by atoms with Crippen LogP contribution in [0, 0.1) is 27.2 Å². The molecule has 0 fully saturated rings. The Bertz CT molecular complexity index is 945. The number of benzene rings is 2. The largest absolute Gasteiger partial charge is 0.289 e. The van der Waals surface area contributed by atoms with Crippen LogP contribution in [0.3, 0.4) is 0 Å². The highest BCUT2D eigenvalue weighted by Gasteiger charge is 2.24. The summed E-state index contributed by atoms with van der Waals surface area (Å²) in [5.41, 5.74) is -0.942. The molecular formula is C13H10ClN3O6S. The van der Waals surface area contributed by atoms with Crippen molar-refractivity contribution in [3.8, 4) is 0 Å². The van der Waals surface area contributed by atoms with Crippen LogP contribution in [0.2, 0.25) is 5.02 Å². The fourth-order valence-corrected chi connectivity index (χ4v) is 3.52. The minimum atomic E-state index is -4.18. The second-order valence-corrected chi connectivity index (χ2v) is 6.74. The molecule has 0 saturated heterocycles. The van der Waals surface area contributed by atoms with Crippen LogP contribution in [0.15, 0.2) is 41.3 Å². The lowest BCUT2D eigenvalue weighted by molar-refractivity contribution is -0.385. The third-order valence-electron chi connectivity index (χ3n) is 3.14. The zero-order valence-corrected chi connectivity index (χ0v) is 13.7. The van der Waals surface area contributed by atoms with Gasteiger partial charge in [-0.1, -0.05) is 17.7 Å². The van der Waals surface area contributed by atoms with E-state index in [0.29, 0.717) is 0 Å². The molecule has 0 heterocycles. The Hall–Kier alpha value is -2.72. The highest BCUT2D eigenvalue weighted by Crippen LogP contribution is 2.30. The van der Waals surface area contributed by atoms with Gasteiger partial charge in [0.25, 0.3) is 21.4 Å². The van der Waals surface area contributed by atoms with E-state index in [2.05, 4.69) is 4.72 Å². The Kier molecular flexibility index (Phi) is 4.71. The molecule has 0 aliphatic rings. The molecule has 0 saturated carbocycles. The zero-order valence-electron chi connectivity index (χ0n) is 12.1. The maximum absolute atomic E-state index is 12.4. The molecule has 2 rings (SSSR count). The fourth-order valence-electron chi connectivity index (χ4n) is 2.02. The quantitative estimate of drug-likeness (QED) is 0.633. The van der Waals surface area contributed by atoms with Crippen LogP contribution in [0.25, 0.3) is 0 Å². The summed E-state index contributed by atoms with van der Waals surface area (Å²) in [4.78, 5) is 20.0. The first kappa shape index (κ1) is 17.6. The first-order valence-electron chi connectivity index (χ1n) is 6.34. The summed E-state index contributed by atoms with van der Waals surface area (Å²) in [6.07, 6.45) is 0. The van der Waals surface area contributed by atoms with E-state index >= 15 is 0 Å². The van der Waals surface area contributed by atoms with Gasteiger partial charge in [-0.25, -0.2) is 8.42 Å². The van der Waals surface area contributed by atoms with E-state index in [4.69, 9.17) is 11.6 Å². The lowest BCUT2D eigenvalue weighted by Gasteiger charge is -2.10. The van der Waals surface area contributed by atoms with E-state index in [1.807, 2.05) is 0 Å². The highest BCUT2D eigenvalue weighted by atomic mass is 35.5. The van der Waals surface area contributed by atoms with E-state index < -0.39 is 25.6 Å². The second-order valence-electron chi connectivity index (χ2n) is 4.69. The smallest absolute Gasteiger partial charge is 0.279 e. The number of rotatable bonds is 5. The minimum absolute atomic E-state index is 0.0431. The average Bonchev–Trinajstić information content (AvgIpc) is 2.48. The predicted octanol–water partition coefficient (Wildman–Crippen LogP) is 3.27. The number of hydrogen-bond donors (Lipinski definition) is 1. The van der Waals surface area contributed by atoms with E-state index in [9.17, 15) is 28.6 Å². The summed E-state index contributed by atoms with van der Waals surface area (Å²) in [6.45, 7) is 1.30. The molecule has 2 aromatic carbocycles. The number of hydrogen-bond acceptors (Lipinski definition) is 6. The fraction of sp³-hybridized carbons (Fsp3) is 0.0769. The molecule has 0 aliphatic carbocycles. The maximum atomic E-state index is 12.4. The van der Waals surface area contributed by atoms with Crippen molar-refractivity contribution in [2.24, 2.45) is 0 Å². The molecule has 2 aromatic rings. The Morgan fingerprint density at radius 1 is 1.04 bits per heavy atom. The van der Waals surface area contributed by atoms with Crippen molar-refractivity contribution in [3.05, 3.63) is 67.2 Å². The maximum Gasteiger partial charge on any atom is 0.289 e. The molecule has 0 aromatic heterocycles. The van der Waals surface area contributed by atoms with Crippen LogP contribution in [0.5, 0.6) is 0 Å². The summed E-state index contributed by atoms with van der Waals surface area (Å²) in [7, 11) is -4.18. The standard InChI is InChI=1S/C13H10ClN3O6S/c1-8-11(16(18)19)3-2-4-13(8)24(22,23)15-9-5-6-10(14)12(7-9)17(20)21/h2-7,15H,1H3. The first-order valence-corrected chi connectivity index (χ1v) is 8.20. The number of nitro groups is 2. The summed E-state index contributed by atoms with van der Waals surface area (Å²) < 4.78 is 27.0. The van der Waals surface area contributed by atoms with Gasteiger partial charge in [-0.15, -0.1) is 0 Å². The third kappa shape index (κ3) is 3.44. The van der Waals surface area contributed by atoms with Gasteiger partial charge in [0.15, 0.2) is 0 Å². The van der Waals surface area contributed by atoms with E-state index in [0.717, 1.165) is 6.07 Å². The minimum Gasteiger partial charge on any atom is -0.279 e. The Morgan fingerprint density at radius 2 is 1.67 bits per heavy atom. The molecule has 1 N–H and O–H groups in total. The van der Waals surface area contributed by atoms with Crippen molar-refractivity contribution in [1.29, 1.82) is 0 Å². The van der Waals surface area contributed by atoms with Gasteiger partial charge in [0, 0.05) is 17.7 Å². The van der Waals surface area contributed by atoms with Gasteiger partial charge in [-0.05, 0) is 25.1 Å². The lowest BCUT2D eigenvalue weighted by atomic mass is 10.2. The molecule has 0 spiro atoms. The molecule has 0 bridgehead atoms. The topological polar surface area (TPSA) is 132 Å². The van der Waals surface area contributed by atoms with Crippen molar-refractivity contribution in [3.63, 3.8) is 0 Å². The molecule has 126 valence electrons. The van der Waals surface area contributed by atoms with Crippen LogP contribution in [-0.2, 0) is 10.0 Å². The number of anilines is 1. The number of nitro benzene ring substituents is 2. The summed E-state index contributed by atoms with van der Waals surface area (Å²) in [6, 6.07) is 7.02. The number of halogens is 1. The predicted molar refractivity (Wildman–Crippen MR) is 86.7 cm³/mol. The third-order valence-corrected chi connectivity index (χ3v) is 4.98. The van der Waals surface area contributed by atoms with Crippen LogP contribution in [0.4, 0.5) is 17.1 Å². The monoisotopic (exact) mass is 371 g/mol. The molecule has 0 amide bonds. The van der Waals surface area contributed by atoms with E-state index in [1.54, 1.807) is 0 Å². The van der Waals surface area contributed by atoms with Gasteiger partial charge in [0.2, 0.25) is 0 Å². The average molecular weight is 372 g/mol. The van der Waals surface area contributed by atoms with Crippen LogP contribution in [-0.4, -0.2) is 18.3 Å². The van der Waals surface area contributed by atoms with Crippen molar-refractivity contribution in [1.82, 2.24) is 0 Å². The van der Waals surface area contributed by atoms with Gasteiger partial charge in [0.05, 0.1) is 20.4 Å². The van der Waals surface area contributed by atoms with Crippen LogP contribution in [0.1, 0.15) is 5.56 Å². The lowest BCUT2D eigenvalue weighted by Crippen LogP contribution is -2.15. The summed E-state index contributed by atoms with van der Waals surface area (Å²) in [5, 5.41) is 21.6. The molecule has 24 heavy (non-hydrogen) atoms. The van der Waals surface area contributed by atoms with E-state index in [-0.39, 0.29) is 26.9 Å². The summed E-state index contributed by atoms with van der Waals surface area (Å²) >= 11 is 5.67. The molecule has 9 nitrogen and oxygen atoms in total. The van der Waals surface area contributed by atoms with Gasteiger partial charge in [-0.3, -0.25) is 25.0 Å². The number of nitrogens with one attached hydrogen (secondary N) is 1. The van der Waals surface area contributed by atoms with Crippen molar-refractivity contribution < 1.29 is 18.3 Å². The molecule has 0 unspecified atom stereocenters. The number of nitrogens with zero attached hydrogens (tertiary/aromatic N) is 2. The SMILES string of the molecule is Cc1c([N+](=O)[O-])cccc1S(=O)(=O)Nc1ccc(Cl)c([N+](=O)[O-])c1. The molecule has 0 radical (unpaired) electrons. The van der Waals surface area contributed by atoms with Gasteiger partial charge in [-0.2, -0.15) is 0 Å². The van der Waals surface area contributed by atoms with Crippen LogP contribution >= 0.6 is 11.6 Å². The molecule has 0 aliphatic heterocycles. The normalized spacial score (nSPS) is 11.1. The van der Waals surface area contributed by atoms with Gasteiger partial charge >= 0.3 is 0 Å². The first-order chi connectivity index (χ1) is 11.1. The van der Waals surface area contributed by atoms with E-state index in [1.165, 1.54) is 37.3 Å². The Morgan fingerprint density at radius 3 is 2.25 bits per heavy atom. The van der Waals surface area contributed by atoms with Crippen LogP contribution < -0.4 is 4.72 Å². The number of sulfonamides is 1.